The number of benzene rings is 1. The number of nitrogens with one attached hydrogen (secondary N) is 2. The van der Waals surface area contributed by atoms with Crippen molar-refractivity contribution in [3.05, 3.63) is 23.8 Å². The van der Waals surface area contributed by atoms with Gasteiger partial charge in [0.1, 0.15) is 4.90 Å². The van der Waals surface area contributed by atoms with Crippen molar-refractivity contribution in [1.29, 1.82) is 0 Å². The van der Waals surface area contributed by atoms with Crippen molar-refractivity contribution in [2.75, 3.05) is 26.0 Å². The molecule has 2 fully saturated rings. The second-order valence-electron chi connectivity index (χ2n) is 9.20. The zero-order valence-corrected chi connectivity index (χ0v) is 18.6. The van der Waals surface area contributed by atoms with Gasteiger partial charge in [0, 0.05) is 32.2 Å². The number of carbonyl (C=O) groups is 1. The van der Waals surface area contributed by atoms with E-state index in [9.17, 15) is 13.2 Å². The average molecular weight is 408 g/mol. The Morgan fingerprint density at radius 2 is 1.96 bits per heavy atom. The lowest BCUT2D eigenvalue weighted by Crippen LogP contribution is -2.52. The topological polar surface area (TPSA) is 78.5 Å². The molecule has 0 aromatic heterocycles. The zero-order chi connectivity index (χ0) is 20.9. The summed E-state index contributed by atoms with van der Waals surface area (Å²) in [6, 6.07) is 4.94. The number of hydrogen-bond donors (Lipinski definition) is 2. The van der Waals surface area contributed by atoms with Crippen molar-refractivity contribution < 1.29 is 13.2 Å². The fourth-order valence-corrected chi connectivity index (χ4v) is 6.70. The lowest BCUT2D eigenvalue weighted by atomic mass is 9.68. The minimum Gasteiger partial charge on any atom is -0.387 e. The molecular weight excluding hydrogens is 374 g/mol. The molecule has 1 aromatic rings. The SMILES string of the molecule is CCN(C)S(=O)(=O)c1cc(C(=O)NC2C(C)(C)[C@@H]3CC[C@@]2(C)C3)ccc1NC. The number of amides is 1. The van der Waals surface area contributed by atoms with E-state index in [1.54, 1.807) is 33.2 Å². The number of fused-ring (bicyclic) bond motifs is 2. The van der Waals surface area contributed by atoms with Gasteiger partial charge < -0.3 is 10.6 Å². The van der Waals surface area contributed by atoms with Crippen LogP contribution in [-0.4, -0.2) is 45.3 Å². The van der Waals surface area contributed by atoms with Gasteiger partial charge in [0.25, 0.3) is 5.91 Å². The first kappa shape index (κ1) is 21.1. The zero-order valence-electron chi connectivity index (χ0n) is 17.8. The fourth-order valence-electron chi connectivity index (χ4n) is 5.30. The molecule has 156 valence electrons. The summed E-state index contributed by atoms with van der Waals surface area (Å²) < 4.78 is 27.0. The van der Waals surface area contributed by atoms with Crippen LogP contribution in [0.3, 0.4) is 0 Å². The highest BCUT2D eigenvalue weighted by atomic mass is 32.2. The predicted molar refractivity (Wildman–Crippen MR) is 112 cm³/mol. The molecule has 2 saturated carbocycles. The van der Waals surface area contributed by atoms with E-state index in [-0.39, 0.29) is 27.7 Å². The van der Waals surface area contributed by atoms with Crippen molar-refractivity contribution in [3.63, 3.8) is 0 Å². The van der Waals surface area contributed by atoms with Crippen LogP contribution in [0.2, 0.25) is 0 Å². The van der Waals surface area contributed by atoms with Gasteiger partial charge in [-0.15, -0.1) is 0 Å². The van der Waals surface area contributed by atoms with Crippen LogP contribution in [0.4, 0.5) is 5.69 Å². The van der Waals surface area contributed by atoms with Crippen LogP contribution in [0.5, 0.6) is 0 Å². The highest BCUT2D eigenvalue weighted by Crippen LogP contribution is 2.62. The maximum atomic E-state index is 13.1. The smallest absolute Gasteiger partial charge is 0.251 e. The van der Waals surface area contributed by atoms with Gasteiger partial charge in [-0.25, -0.2) is 12.7 Å². The molecule has 3 atom stereocenters. The van der Waals surface area contributed by atoms with Gasteiger partial charge >= 0.3 is 0 Å². The van der Waals surface area contributed by atoms with Gasteiger partial charge in [0.05, 0.1) is 5.69 Å². The molecule has 1 unspecified atom stereocenters. The van der Waals surface area contributed by atoms with E-state index in [1.165, 1.54) is 16.8 Å². The van der Waals surface area contributed by atoms with Crippen LogP contribution >= 0.6 is 0 Å². The van der Waals surface area contributed by atoms with E-state index in [0.29, 0.717) is 23.7 Å². The highest BCUT2D eigenvalue weighted by molar-refractivity contribution is 7.89. The molecule has 1 aromatic carbocycles. The number of sulfonamides is 1. The number of rotatable bonds is 6. The van der Waals surface area contributed by atoms with E-state index in [4.69, 9.17) is 0 Å². The first-order chi connectivity index (χ1) is 13.0. The Morgan fingerprint density at radius 1 is 1.29 bits per heavy atom. The van der Waals surface area contributed by atoms with Gasteiger partial charge in [-0.05, 0) is 54.2 Å². The second-order valence-corrected chi connectivity index (χ2v) is 11.2. The summed E-state index contributed by atoms with van der Waals surface area (Å²) in [6.45, 7) is 8.89. The standard InChI is InChI=1S/C21H33N3O3S/c1-7-24(6)28(26,27)17-12-14(8-9-16(17)22-5)18(25)23-19-20(2,3)15-10-11-21(19,4)13-15/h8-9,12,15,19,22H,7,10-11,13H2,1-6H3,(H,23,25)/t15-,19?,21+/m1/s1. The maximum absolute atomic E-state index is 13.1. The monoisotopic (exact) mass is 407 g/mol. The molecule has 0 aliphatic heterocycles. The fraction of sp³-hybridized carbons (Fsp3) is 0.667. The Bertz CT molecular complexity index is 876. The van der Waals surface area contributed by atoms with Gasteiger partial charge in [0.2, 0.25) is 10.0 Å². The van der Waals surface area contributed by atoms with Crippen LogP contribution in [-0.2, 0) is 10.0 Å². The van der Waals surface area contributed by atoms with E-state index < -0.39 is 10.0 Å². The minimum absolute atomic E-state index is 0.0465. The molecule has 28 heavy (non-hydrogen) atoms. The lowest BCUT2D eigenvalue weighted by molar-refractivity contribution is 0.0737. The van der Waals surface area contributed by atoms with Gasteiger partial charge in [-0.2, -0.15) is 0 Å². The summed E-state index contributed by atoms with van der Waals surface area (Å²) >= 11 is 0. The Labute approximate surface area is 169 Å². The number of anilines is 1. The summed E-state index contributed by atoms with van der Waals surface area (Å²) in [6.07, 6.45) is 3.49. The first-order valence-electron chi connectivity index (χ1n) is 10.1. The van der Waals surface area contributed by atoms with Crippen LogP contribution in [0.25, 0.3) is 0 Å². The molecule has 3 rings (SSSR count). The maximum Gasteiger partial charge on any atom is 0.251 e. The summed E-state index contributed by atoms with van der Waals surface area (Å²) in [5.74, 6) is 0.425. The van der Waals surface area contributed by atoms with Crippen LogP contribution < -0.4 is 10.6 Å². The van der Waals surface area contributed by atoms with Crippen molar-refractivity contribution in [1.82, 2.24) is 9.62 Å². The van der Waals surface area contributed by atoms with E-state index >= 15 is 0 Å². The largest absolute Gasteiger partial charge is 0.387 e. The van der Waals surface area contributed by atoms with Crippen molar-refractivity contribution >= 4 is 21.6 Å². The Hall–Kier alpha value is -1.60. The van der Waals surface area contributed by atoms with E-state index in [1.807, 2.05) is 0 Å². The normalized spacial score (nSPS) is 28.5. The lowest BCUT2D eigenvalue weighted by Gasteiger charge is -2.43. The molecule has 7 heteroatoms. The van der Waals surface area contributed by atoms with Crippen molar-refractivity contribution in [2.45, 2.75) is 57.9 Å². The van der Waals surface area contributed by atoms with Crippen molar-refractivity contribution in [2.24, 2.45) is 16.7 Å². The summed E-state index contributed by atoms with van der Waals surface area (Å²) in [7, 11) is -0.446. The number of carbonyl (C=O) groups excluding carboxylic acids is 1. The van der Waals surface area contributed by atoms with E-state index in [0.717, 1.165) is 12.8 Å². The Balaban J connectivity index is 1.92. The summed E-state index contributed by atoms with van der Waals surface area (Å²) in [4.78, 5) is 13.2. The molecule has 2 aliphatic rings. The van der Waals surface area contributed by atoms with Crippen LogP contribution in [0.1, 0.15) is 57.3 Å². The summed E-state index contributed by atoms with van der Waals surface area (Å²) in [5.41, 5.74) is 1.03. The predicted octanol–water partition coefficient (Wildman–Crippen LogP) is 3.31. The van der Waals surface area contributed by atoms with Crippen molar-refractivity contribution in [3.8, 4) is 0 Å². The first-order valence-corrected chi connectivity index (χ1v) is 11.5. The molecule has 0 saturated heterocycles. The molecule has 0 radical (unpaired) electrons. The molecule has 1 amide bonds. The molecular formula is C21H33N3O3S. The van der Waals surface area contributed by atoms with Gasteiger partial charge in [-0.3, -0.25) is 4.79 Å². The highest BCUT2D eigenvalue weighted by Gasteiger charge is 2.59. The second kappa shape index (κ2) is 7.02. The number of nitrogens with zero attached hydrogens (tertiary/aromatic N) is 1. The van der Waals surface area contributed by atoms with Crippen LogP contribution in [0.15, 0.2) is 23.1 Å². The third-order valence-corrected chi connectivity index (χ3v) is 9.16. The average Bonchev–Trinajstić information content (AvgIpc) is 3.14. The van der Waals surface area contributed by atoms with E-state index in [2.05, 4.69) is 31.4 Å². The number of hydrogen-bond acceptors (Lipinski definition) is 4. The quantitative estimate of drug-likeness (QED) is 0.758. The van der Waals surface area contributed by atoms with Crippen LogP contribution in [0, 0.1) is 16.7 Å². The molecule has 0 spiro atoms. The third-order valence-electron chi connectivity index (χ3n) is 7.19. The van der Waals surface area contributed by atoms with Gasteiger partial charge in [-0.1, -0.05) is 27.7 Å². The Kier molecular flexibility index (Phi) is 5.30. The van der Waals surface area contributed by atoms with Gasteiger partial charge in [0.15, 0.2) is 0 Å². The summed E-state index contributed by atoms with van der Waals surface area (Å²) in [5, 5.41) is 6.17. The molecule has 6 nitrogen and oxygen atoms in total. The minimum atomic E-state index is -3.67. The third kappa shape index (κ3) is 3.22. The Morgan fingerprint density at radius 3 is 2.50 bits per heavy atom. The molecule has 2 N–H and O–H groups in total. The molecule has 0 heterocycles. The molecule has 2 aliphatic carbocycles. The molecule has 2 bridgehead atoms.